The molecular formula is C17H21NO. The van der Waals surface area contributed by atoms with Crippen LogP contribution in [0.2, 0.25) is 0 Å². The molecule has 2 aromatic rings. The third-order valence-corrected chi connectivity index (χ3v) is 4.07. The predicted octanol–water partition coefficient (Wildman–Crippen LogP) is 3.28. The summed E-state index contributed by atoms with van der Waals surface area (Å²) in [5, 5.41) is 2.70. The van der Waals surface area contributed by atoms with E-state index in [9.17, 15) is 0 Å². The Hall–Kier alpha value is -1.38. The van der Waals surface area contributed by atoms with E-state index in [0.717, 1.165) is 25.7 Å². The van der Waals surface area contributed by atoms with Crippen LogP contribution >= 0.6 is 0 Å². The number of aryl methyl sites for hydroxylation is 1. The van der Waals surface area contributed by atoms with Crippen molar-refractivity contribution in [3.63, 3.8) is 0 Å². The molecule has 1 heterocycles. The smallest absolute Gasteiger partial charge is 0.0702 e. The molecule has 1 aliphatic rings. The lowest BCUT2D eigenvalue weighted by molar-refractivity contribution is 0.0458. The first kappa shape index (κ1) is 12.6. The summed E-state index contributed by atoms with van der Waals surface area (Å²) in [7, 11) is 0. The molecule has 0 amide bonds. The van der Waals surface area contributed by atoms with Gasteiger partial charge in [-0.2, -0.15) is 0 Å². The summed E-state index contributed by atoms with van der Waals surface area (Å²) in [6, 6.07) is 15.2. The molecule has 0 aliphatic carbocycles. The van der Waals surface area contributed by atoms with Crippen LogP contribution in [0.4, 0.5) is 0 Å². The van der Waals surface area contributed by atoms with Gasteiger partial charge in [0.15, 0.2) is 0 Å². The summed E-state index contributed by atoms with van der Waals surface area (Å²) in [6.45, 7) is 0.658. The van der Waals surface area contributed by atoms with Crippen molar-refractivity contribution in [2.24, 2.45) is 5.73 Å². The van der Waals surface area contributed by atoms with Crippen molar-refractivity contribution < 1.29 is 4.74 Å². The lowest BCUT2D eigenvalue weighted by Gasteiger charge is -2.13. The minimum Gasteiger partial charge on any atom is -0.374 e. The minimum absolute atomic E-state index is 0.289. The van der Waals surface area contributed by atoms with Crippen molar-refractivity contribution in [2.45, 2.75) is 37.9 Å². The van der Waals surface area contributed by atoms with E-state index in [1.54, 1.807) is 0 Å². The van der Waals surface area contributed by atoms with Crippen LogP contribution in [0.3, 0.4) is 0 Å². The molecule has 2 aromatic carbocycles. The Labute approximate surface area is 114 Å². The summed E-state index contributed by atoms with van der Waals surface area (Å²) < 4.78 is 5.92. The maximum Gasteiger partial charge on any atom is 0.0702 e. The van der Waals surface area contributed by atoms with Gasteiger partial charge in [0, 0.05) is 6.54 Å². The highest BCUT2D eigenvalue weighted by molar-refractivity contribution is 5.85. The Kier molecular flexibility index (Phi) is 3.81. The Morgan fingerprint density at radius 2 is 1.79 bits per heavy atom. The first-order valence-corrected chi connectivity index (χ1v) is 7.19. The maximum atomic E-state index is 5.92. The third kappa shape index (κ3) is 2.80. The predicted molar refractivity (Wildman–Crippen MR) is 79.2 cm³/mol. The van der Waals surface area contributed by atoms with Crippen molar-refractivity contribution in [1.82, 2.24) is 0 Å². The number of benzene rings is 2. The van der Waals surface area contributed by atoms with Crippen molar-refractivity contribution in [3.05, 3.63) is 48.0 Å². The zero-order chi connectivity index (χ0) is 13.1. The highest BCUT2D eigenvalue weighted by atomic mass is 16.5. The number of nitrogens with two attached hydrogens (primary N) is 1. The van der Waals surface area contributed by atoms with Gasteiger partial charge in [0.05, 0.1) is 12.2 Å². The van der Waals surface area contributed by atoms with E-state index in [2.05, 4.69) is 42.5 Å². The summed E-state index contributed by atoms with van der Waals surface area (Å²) in [5.41, 5.74) is 7.08. The van der Waals surface area contributed by atoms with Crippen LogP contribution in [0.5, 0.6) is 0 Å². The van der Waals surface area contributed by atoms with E-state index < -0.39 is 0 Å². The van der Waals surface area contributed by atoms with Crippen LogP contribution in [-0.2, 0) is 11.2 Å². The summed E-state index contributed by atoms with van der Waals surface area (Å²) in [5.74, 6) is 0. The second kappa shape index (κ2) is 5.72. The van der Waals surface area contributed by atoms with Gasteiger partial charge in [0.1, 0.15) is 0 Å². The van der Waals surface area contributed by atoms with Crippen LogP contribution in [0.25, 0.3) is 10.8 Å². The second-order valence-corrected chi connectivity index (χ2v) is 5.37. The fourth-order valence-corrected chi connectivity index (χ4v) is 2.99. The average molecular weight is 255 g/mol. The molecule has 0 saturated carbocycles. The number of ether oxygens (including phenoxy) is 1. The van der Waals surface area contributed by atoms with Crippen molar-refractivity contribution in [2.75, 3.05) is 6.54 Å². The van der Waals surface area contributed by atoms with Gasteiger partial charge in [-0.15, -0.1) is 0 Å². The molecule has 2 N–H and O–H groups in total. The first-order chi connectivity index (χ1) is 9.36. The van der Waals surface area contributed by atoms with Gasteiger partial charge in [-0.05, 0) is 42.0 Å². The van der Waals surface area contributed by atoms with Gasteiger partial charge in [0.2, 0.25) is 0 Å². The molecule has 100 valence electrons. The molecule has 19 heavy (non-hydrogen) atoms. The average Bonchev–Trinajstić information content (AvgIpc) is 2.93. The number of hydrogen-bond acceptors (Lipinski definition) is 2. The van der Waals surface area contributed by atoms with Gasteiger partial charge in [-0.3, -0.25) is 0 Å². The first-order valence-electron chi connectivity index (χ1n) is 7.19. The molecule has 0 radical (unpaired) electrons. The van der Waals surface area contributed by atoms with Crippen LogP contribution in [-0.4, -0.2) is 18.8 Å². The molecule has 2 atom stereocenters. The van der Waals surface area contributed by atoms with Crippen molar-refractivity contribution in [3.8, 4) is 0 Å². The van der Waals surface area contributed by atoms with E-state index in [1.165, 1.54) is 16.3 Å². The largest absolute Gasteiger partial charge is 0.374 e. The number of fused-ring (bicyclic) bond motifs is 1. The quantitative estimate of drug-likeness (QED) is 0.910. The van der Waals surface area contributed by atoms with Crippen LogP contribution < -0.4 is 5.73 Å². The van der Waals surface area contributed by atoms with E-state index in [0.29, 0.717) is 12.6 Å². The Morgan fingerprint density at radius 3 is 2.63 bits per heavy atom. The van der Waals surface area contributed by atoms with Gasteiger partial charge >= 0.3 is 0 Å². The Balaban J connectivity index is 1.69. The van der Waals surface area contributed by atoms with Crippen LogP contribution in [0, 0.1) is 0 Å². The summed E-state index contributed by atoms with van der Waals surface area (Å²) in [4.78, 5) is 0. The number of hydrogen-bond donors (Lipinski definition) is 1. The number of rotatable bonds is 4. The molecule has 0 bridgehead atoms. The molecule has 1 unspecified atom stereocenters. The summed E-state index contributed by atoms with van der Waals surface area (Å²) >= 11 is 0. The molecule has 2 nitrogen and oxygen atoms in total. The zero-order valence-electron chi connectivity index (χ0n) is 11.2. The standard InChI is InChI=1S/C17H21NO/c18-12-16-11-10-15(19-16)9-8-14-6-3-5-13-4-1-2-7-17(13)14/h1-7,15-16H,8-12,18H2/t15?,16-/m1/s1. The van der Waals surface area contributed by atoms with Crippen LogP contribution in [0.15, 0.2) is 42.5 Å². The van der Waals surface area contributed by atoms with E-state index in [4.69, 9.17) is 10.5 Å². The fraction of sp³-hybridized carbons (Fsp3) is 0.412. The topological polar surface area (TPSA) is 35.2 Å². The highest BCUT2D eigenvalue weighted by Crippen LogP contribution is 2.25. The lowest BCUT2D eigenvalue weighted by Crippen LogP contribution is -2.20. The van der Waals surface area contributed by atoms with E-state index >= 15 is 0 Å². The molecule has 2 heteroatoms. The normalized spacial score (nSPS) is 23.0. The second-order valence-electron chi connectivity index (χ2n) is 5.37. The molecular weight excluding hydrogens is 234 g/mol. The van der Waals surface area contributed by atoms with Gasteiger partial charge in [0.25, 0.3) is 0 Å². The fourth-order valence-electron chi connectivity index (χ4n) is 2.99. The van der Waals surface area contributed by atoms with Gasteiger partial charge < -0.3 is 10.5 Å². The van der Waals surface area contributed by atoms with E-state index in [-0.39, 0.29) is 6.10 Å². The summed E-state index contributed by atoms with van der Waals surface area (Å²) in [6.07, 6.45) is 5.15. The molecule has 1 aliphatic heterocycles. The van der Waals surface area contributed by atoms with Gasteiger partial charge in [-0.1, -0.05) is 42.5 Å². The lowest BCUT2D eigenvalue weighted by atomic mass is 9.99. The monoisotopic (exact) mass is 255 g/mol. The van der Waals surface area contributed by atoms with E-state index in [1.807, 2.05) is 0 Å². The van der Waals surface area contributed by atoms with Crippen molar-refractivity contribution in [1.29, 1.82) is 0 Å². The maximum absolute atomic E-state index is 5.92. The SMILES string of the molecule is NC[C@H]1CCC(CCc2cccc3ccccc23)O1. The highest BCUT2D eigenvalue weighted by Gasteiger charge is 2.23. The molecule has 3 rings (SSSR count). The Bertz CT molecular complexity index is 546. The molecule has 0 aromatic heterocycles. The van der Waals surface area contributed by atoms with Gasteiger partial charge in [-0.25, -0.2) is 0 Å². The third-order valence-electron chi connectivity index (χ3n) is 4.07. The molecule has 1 saturated heterocycles. The molecule has 0 spiro atoms. The van der Waals surface area contributed by atoms with Crippen molar-refractivity contribution >= 4 is 10.8 Å². The minimum atomic E-state index is 0.289. The zero-order valence-corrected chi connectivity index (χ0v) is 11.2. The molecule has 1 fully saturated rings. The Morgan fingerprint density at radius 1 is 1.00 bits per heavy atom. The van der Waals surface area contributed by atoms with Crippen LogP contribution in [0.1, 0.15) is 24.8 Å².